The van der Waals surface area contributed by atoms with Crippen LogP contribution in [0.3, 0.4) is 0 Å². The topological polar surface area (TPSA) is 78.9 Å². The maximum atomic E-state index is 12.7. The number of hydrogen-bond acceptors (Lipinski definition) is 6. The summed E-state index contributed by atoms with van der Waals surface area (Å²) in [7, 11) is 0. The standard InChI is InChI=1S/C51H98O6/c1-6-8-9-10-11-12-13-14-15-16-17-18-19-26-31-36-41-49(52)55-44-48(45-56-50(53)42-37-32-27-22-20-24-29-34-39-46(3)4)57-51(54)43-38-33-28-23-21-25-30-35-40-47(5)7-2/h46-48H,6-45H2,1-5H3/t47?,48-/m0/s1. The molecular formula is C51H98O6. The van der Waals surface area contributed by atoms with E-state index in [2.05, 4.69) is 34.6 Å². The molecule has 0 N–H and O–H groups in total. The summed E-state index contributed by atoms with van der Waals surface area (Å²) in [5.41, 5.74) is 0. The summed E-state index contributed by atoms with van der Waals surface area (Å²) in [6.45, 7) is 11.3. The quantitative estimate of drug-likeness (QED) is 0.0346. The summed E-state index contributed by atoms with van der Waals surface area (Å²) in [6.07, 6.45) is 43.7. The number of esters is 3. The molecule has 6 heteroatoms. The lowest BCUT2D eigenvalue weighted by molar-refractivity contribution is -0.167. The van der Waals surface area contributed by atoms with E-state index in [-0.39, 0.29) is 31.1 Å². The van der Waals surface area contributed by atoms with E-state index in [0.717, 1.165) is 69.6 Å². The summed E-state index contributed by atoms with van der Waals surface area (Å²) in [4.78, 5) is 37.9. The van der Waals surface area contributed by atoms with E-state index < -0.39 is 6.10 Å². The molecule has 0 amide bonds. The normalized spacial score (nSPS) is 12.5. The predicted molar refractivity (Wildman–Crippen MR) is 243 cm³/mol. The Morgan fingerprint density at radius 3 is 1.00 bits per heavy atom. The van der Waals surface area contributed by atoms with Crippen molar-refractivity contribution < 1.29 is 28.6 Å². The van der Waals surface area contributed by atoms with E-state index in [4.69, 9.17) is 14.2 Å². The van der Waals surface area contributed by atoms with Crippen molar-refractivity contribution in [1.29, 1.82) is 0 Å². The fourth-order valence-electron chi connectivity index (χ4n) is 7.60. The molecule has 6 nitrogen and oxygen atoms in total. The molecule has 57 heavy (non-hydrogen) atoms. The molecule has 338 valence electrons. The van der Waals surface area contributed by atoms with Gasteiger partial charge in [0.25, 0.3) is 0 Å². The van der Waals surface area contributed by atoms with Crippen LogP contribution in [-0.2, 0) is 28.6 Å². The van der Waals surface area contributed by atoms with Gasteiger partial charge in [-0.1, -0.05) is 240 Å². The van der Waals surface area contributed by atoms with Crippen molar-refractivity contribution in [2.75, 3.05) is 13.2 Å². The second-order valence-electron chi connectivity index (χ2n) is 18.2. The Kier molecular flexibility index (Phi) is 42.7. The maximum Gasteiger partial charge on any atom is 0.306 e. The second-order valence-corrected chi connectivity index (χ2v) is 18.2. The van der Waals surface area contributed by atoms with E-state index in [0.29, 0.717) is 19.3 Å². The summed E-state index contributed by atoms with van der Waals surface area (Å²) in [5.74, 6) is 0.788. The highest BCUT2D eigenvalue weighted by Gasteiger charge is 2.19. The third kappa shape index (κ3) is 43.8. The van der Waals surface area contributed by atoms with Gasteiger partial charge >= 0.3 is 17.9 Å². The van der Waals surface area contributed by atoms with Crippen molar-refractivity contribution >= 4 is 17.9 Å². The molecule has 0 rings (SSSR count). The molecule has 0 aliphatic carbocycles. The average Bonchev–Trinajstić information content (AvgIpc) is 3.19. The minimum Gasteiger partial charge on any atom is -0.462 e. The van der Waals surface area contributed by atoms with Gasteiger partial charge in [-0.15, -0.1) is 0 Å². The molecule has 0 heterocycles. The molecule has 1 unspecified atom stereocenters. The lowest BCUT2D eigenvalue weighted by Gasteiger charge is -2.18. The van der Waals surface area contributed by atoms with Crippen molar-refractivity contribution in [1.82, 2.24) is 0 Å². The Morgan fingerprint density at radius 1 is 0.368 bits per heavy atom. The van der Waals surface area contributed by atoms with E-state index in [1.54, 1.807) is 0 Å². The van der Waals surface area contributed by atoms with Crippen LogP contribution in [0.5, 0.6) is 0 Å². The summed E-state index contributed by atoms with van der Waals surface area (Å²) >= 11 is 0. The molecule has 0 aliphatic heterocycles. The van der Waals surface area contributed by atoms with Crippen LogP contribution in [0.4, 0.5) is 0 Å². The van der Waals surface area contributed by atoms with Gasteiger partial charge in [-0.05, 0) is 31.1 Å². The molecule has 0 aromatic carbocycles. The molecule has 0 spiro atoms. The second kappa shape index (κ2) is 44.0. The monoisotopic (exact) mass is 807 g/mol. The molecule has 0 saturated carbocycles. The molecule has 0 radical (unpaired) electrons. The van der Waals surface area contributed by atoms with Gasteiger partial charge in [-0.3, -0.25) is 14.4 Å². The van der Waals surface area contributed by atoms with E-state index in [1.807, 2.05) is 0 Å². The van der Waals surface area contributed by atoms with E-state index in [9.17, 15) is 14.4 Å². The first kappa shape index (κ1) is 55.4. The minimum absolute atomic E-state index is 0.0646. The van der Waals surface area contributed by atoms with Gasteiger partial charge in [0.1, 0.15) is 13.2 Å². The summed E-state index contributed by atoms with van der Waals surface area (Å²) in [6, 6.07) is 0. The van der Waals surface area contributed by atoms with Crippen LogP contribution in [0.25, 0.3) is 0 Å². The highest BCUT2D eigenvalue weighted by atomic mass is 16.6. The van der Waals surface area contributed by atoms with Crippen molar-refractivity contribution in [3.05, 3.63) is 0 Å². The zero-order valence-corrected chi connectivity index (χ0v) is 39.0. The van der Waals surface area contributed by atoms with Crippen LogP contribution >= 0.6 is 0 Å². The van der Waals surface area contributed by atoms with Crippen molar-refractivity contribution in [3.8, 4) is 0 Å². The molecule has 0 fully saturated rings. The van der Waals surface area contributed by atoms with Gasteiger partial charge in [-0.2, -0.15) is 0 Å². The van der Waals surface area contributed by atoms with Crippen molar-refractivity contribution in [2.24, 2.45) is 11.8 Å². The number of rotatable bonds is 45. The molecule has 2 atom stereocenters. The maximum absolute atomic E-state index is 12.7. The predicted octanol–water partition coefficient (Wildman–Crippen LogP) is 16.1. The molecule has 0 bridgehead atoms. The van der Waals surface area contributed by atoms with Crippen molar-refractivity contribution in [2.45, 2.75) is 285 Å². The summed E-state index contributed by atoms with van der Waals surface area (Å²) in [5, 5.41) is 0. The van der Waals surface area contributed by atoms with Crippen LogP contribution in [0.2, 0.25) is 0 Å². The molecule has 0 aromatic heterocycles. The Balaban J connectivity index is 4.30. The highest BCUT2D eigenvalue weighted by molar-refractivity contribution is 5.71. The zero-order chi connectivity index (χ0) is 41.9. The Bertz CT molecular complexity index is 872. The third-order valence-corrected chi connectivity index (χ3v) is 11.8. The van der Waals surface area contributed by atoms with Crippen LogP contribution in [0.15, 0.2) is 0 Å². The SMILES string of the molecule is CCCCCCCCCCCCCCCCCCC(=O)OC[C@@H](COC(=O)CCCCCCCCCCC(C)C)OC(=O)CCCCCCCCCCC(C)CC. The lowest BCUT2D eigenvalue weighted by atomic mass is 9.99. The van der Waals surface area contributed by atoms with Gasteiger partial charge in [0.05, 0.1) is 0 Å². The average molecular weight is 807 g/mol. The van der Waals surface area contributed by atoms with Gasteiger partial charge in [-0.25, -0.2) is 0 Å². The Morgan fingerprint density at radius 2 is 0.667 bits per heavy atom. The van der Waals surface area contributed by atoms with Crippen molar-refractivity contribution in [3.63, 3.8) is 0 Å². The van der Waals surface area contributed by atoms with E-state index in [1.165, 1.54) is 167 Å². The number of ether oxygens (including phenoxy) is 3. The summed E-state index contributed by atoms with van der Waals surface area (Å²) < 4.78 is 16.8. The number of hydrogen-bond donors (Lipinski definition) is 0. The molecule has 0 aliphatic rings. The number of carbonyl (C=O) groups excluding carboxylic acids is 3. The van der Waals surface area contributed by atoms with Crippen LogP contribution in [0.1, 0.15) is 279 Å². The molecular weight excluding hydrogens is 709 g/mol. The van der Waals surface area contributed by atoms with Gasteiger partial charge in [0.2, 0.25) is 0 Å². The van der Waals surface area contributed by atoms with E-state index >= 15 is 0 Å². The van der Waals surface area contributed by atoms with Crippen LogP contribution < -0.4 is 0 Å². The highest BCUT2D eigenvalue weighted by Crippen LogP contribution is 2.17. The first-order valence-corrected chi connectivity index (χ1v) is 25.3. The first-order valence-electron chi connectivity index (χ1n) is 25.3. The van der Waals surface area contributed by atoms with Gasteiger partial charge in [0, 0.05) is 19.3 Å². The number of carbonyl (C=O) groups is 3. The third-order valence-electron chi connectivity index (χ3n) is 11.8. The Hall–Kier alpha value is -1.59. The molecule has 0 aromatic rings. The number of unbranched alkanes of at least 4 members (excludes halogenated alkanes) is 29. The fourth-order valence-corrected chi connectivity index (χ4v) is 7.60. The van der Waals surface area contributed by atoms with Crippen LogP contribution in [0, 0.1) is 11.8 Å². The smallest absolute Gasteiger partial charge is 0.306 e. The largest absolute Gasteiger partial charge is 0.462 e. The minimum atomic E-state index is -0.762. The molecule has 0 saturated heterocycles. The van der Waals surface area contributed by atoms with Gasteiger partial charge in [0.15, 0.2) is 6.10 Å². The van der Waals surface area contributed by atoms with Crippen LogP contribution in [-0.4, -0.2) is 37.2 Å². The fraction of sp³-hybridized carbons (Fsp3) is 0.941. The lowest BCUT2D eigenvalue weighted by Crippen LogP contribution is -2.30. The first-order chi connectivity index (χ1) is 27.8. The Labute approximate surface area is 355 Å². The van der Waals surface area contributed by atoms with Gasteiger partial charge < -0.3 is 14.2 Å². The zero-order valence-electron chi connectivity index (χ0n) is 39.0.